The van der Waals surface area contributed by atoms with Gasteiger partial charge in [-0.05, 0) is 48.7 Å². The van der Waals surface area contributed by atoms with E-state index in [1.54, 1.807) is 37.7 Å². The van der Waals surface area contributed by atoms with Crippen molar-refractivity contribution in [2.24, 2.45) is 0 Å². The molecule has 0 radical (unpaired) electrons. The van der Waals surface area contributed by atoms with Gasteiger partial charge in [-0.15, -0.1) is 0 Å². The van der Waals surface area contributed by atoms with Gasteiger partial charge in [-0.2, -0.15) is 0 Å². The molecule has 0 spiro atoms. The third-order valence-electron chi connectivity index (χ3n) is 4.26. The Morgan fingerprint density at radius 3 is 2.92 bits per heavy atom. The molecule has 2 aromatic rings. The number of pyridine rings is 1. The number of aromatic nitrogens is 1. The Hall–Kier alpha value is -2.27. The fourth-order valence-electron chi connectivity index (χ4n) is 3.09. The molecule has 2 heterocycles. The molecule has 1 aromatic heterocycles. The number of nitrogens with one attached hydrogen (secondary N) is 1. The van der Waals surface area contributed by atoms with E-state index in [0.717, 1.165) is 30.6 Å². The Morgan fingerprint density at radius 2 is 2.17 bits per heavy atom. The monoisotopic (exact) mass is 345 g/mol. The summed E-state index contributed by atoms with van der Waals surface area (Å²) in [6.45, 7) is 0.985. The molecule has 1 atom stereocenters. The van der Waals surface area contributed by atoms with Crippen LogP contribution in [0, 0.1) is 0 Å². The van der Waals surface area contributed by atoms with Crippen LogP contribution in [0.1, 0.15) is 24.4 Å². The van der Waals surface area contributed by atoms with Crippen molar-refractivity contribution in [3.05, 3.63) is 53.3 Å². The topological polar surface area (TPSA) is 54.5 Å². The van der Waals surface area contributed by atoms with E-state index in [9.17, 15) is 4.79 Å². The second-order valence-electron chi connectivity index (χ2n) is 5.72. The highest BCUT2D eigenvalue weighted by Crippen LogP contribution is 2.32. The summed E-state index contributed by atoms with van der Waals surface area (Å²) in [7, 11) is 1.59. The molecule has 1 aliphatic heterocycles. The number of nitrogens with zero attached hydrogens (tertiary/aromatic N) is 2. The van der Waals surface area contributed by atoms with Gasteiger partial charge >= 0.3 is 0 Å². The molecular formula is C18H20ClN3O2. The van der Waals surface area contributed by atoms with Gasteiger partial charge in [0.1, 0.15) is 5.75 Å². The Morgan fingerprint density at radius 1 is 1.38 bits per heavy atom. The van der Waals surface area contributed by atoms with Crippen molar-refractivity contribution < 1.29 is 9.53 Å². The zero-order chi connectivity index (χ0) is 16.9. The van der Waals surface area contributed by atoms with Gasteiger partial charge in [0, 0.05) is 24.0 Å². The zero-order valence-electron chi connectivity index (χ0n) is 13.5. The van der Waals surface area contributed by atoms with Gasteiger partial charge in [0.25, 0.3) is 0 Å². The van der Waals surface area contributed by atoms with E-state index in [4.69, 9.17) is 16.3 Å². The summed E-state index contributed by atoms with van der Waals surface area (Å²) in [6.07, 6.45) is 5.53. The Labute approximate surface area is 146 Å². The average molecular weight is 346 g/mol. The molecule has 0 saturated carbocycles. The van der Waals surface area contributed by atoms with E-state index < -0.39 is 0 Å². The second-order valence-corrected chi connectivity index (χ2v) is 6.16. The summed E-state index contributed by atoms with van der Waals surface area (Å²) in [4.78, 5) is 18.6. The highest BCUT2D eigenvalue weighted by atomic mass is 35.5. The molecular weight excluding hydrogens is 326 g/mol. The fraction of sp³-hybridized carbons (Fsp3) is 0.333. The number of likely N-dealkylation sites (tertiary alicyclic amines) is 1. The van der Waals surface area contributed by atoms with Gasteiger partial charge in [0.15, 0.2) is 0 Å². The van der Waals surface area contributed by atoms with Crippen LogP contribution in [0.2, 0.25) is 5.02 Å². The highest BCUT2D eigenvalue weighted by Gasteiger charge is 2.29. The number of carbonyl (C=O) groups excluding carboxylic acids is 1. The number of ether oxygens (including phenoxy) is 1. The third-order valence-corrected chi connectivity index (χ3v) is 4.49. The summed E-state index contributed by atoms with van der Waals surface area (Å²) < 4.78 is 5.30. The molecule has 1 fully saturated rings. The first-order chi connectivity index (χ1) is 11.7. The Bertz CT molecular complexity index is 709. The first kappa shape index (κ1) is 16.6. The SMILES string of the molecule is COc1ccc(Cl)cc1NCC(=O)N1CCC[C@@H]1c1ccncc1. The number of anilines is 1. The van der Waals surface area contributed by atoms with Gasteiger partial charge in [-0.25, -0.2) is 0 Å². The fourth-order valence-corrected chi connectivity index (χ4v) is 3.26. The molecule has 0 unspecified atom stereocenters. The molecule has 5 nitrogen and oxygen atoms in total. The molecule has 126 valence electrons. The van der Waals surface area contributed by atoms with E-state index in [1.807, 2.05) is 17.0 Å². The van der Waals surface area contributed by atoms with Crippen LogP contribution in [-0.2, 0) is 4.79 Å². The van der Waals surface area contributed by atoms with Crippen molar-refractivity contribution in [1.29, 1.82) is 0 Å². The summed E-state index contributed by atoms with van der Waals surface area (Å²) in [5, 5.41) is 3.74. The number of methoxy groups -OCH3 is 1. The molecule has 24 heavy (non-hydrogen) atoms. The summed E-state index contributed by atoms with van der Waals surface area (Å²) in [5.41, 5.74) is 1.86. The molecule has 1 amide bonds. The quantitative estimate of drug-likeness (QED) is 0.900. The number of halogens is 1. The highest BCUT2D eigenvalue weighted by molar-refractivity contribution is 6.30. The van der Waals surface area contributed by atoms with E-state index >= 15 is 0 Å². The predicted molar refractivity (Wildman–Crippen MR) is 94.4 cm³/mol. The number of benzene rings is 1. The van der Waals surface area contributed by atoms with E-state index in [-0.39, 0.29) is 18.5 Å². The standard InChI is InChI=1S/C18H20ClN3O2/c1-24-17-5-4-14(19)11-15(17)21-12-18(23)22-10-2-3-16(22)13-6-8-20-9-7-13/h4-9,11,16,21H,2-3,10,12H2,1H3/t16-/m1/s1. The van der Waals surface area contributed by atoms with Gasteiger partial charge in [-0.3, -0.25) is 9.78 Å². The lowest BCUT2D eigenvalue weighted by molar-refractivity contribution is -0.130. The Kier molecular flexibility index (Phi) is 5.20. The molecule has 1 N–H and O–H groups in total. The lowest BCUT2D eigenvalue weighted by atomic mass is 10.1. The van der Waals surface area contributed by atoms with Crippen molar-refractivity contribution in [2.75, 3.05) is 25.5 Å². The minimum absolute atomic E-state index is 0.0661. The second kappa shape index (κ2) is 7.53. The van der Waals surface area contributed by atoms with Crippen LogP contribution < -0.4 is 10.1 Å². The van der Waals surface area contributed by atoms with Gasteiger partial charge < -0.3 is 15.0 Å². The molecule has 1 saturated heterocycles. The third kappa shape index (κ3) is 3.62. The van der Waals surface area contributed by atoms with Crippen LogP contribution in [0.3, 0.4) is 0 Å². The van der Waals surface area contributed by atoms with Crippen LogP contribution in [-0.4, -0.2) is 36.0 Å². The first-order valence-electron chi connectivity index (χ1n) is 7.96. The van der Waals surface area contributed by atoms with E-state index in [0.29, 0.717) is 10.8 Å². The van der Waals surface area contributed by atoms with Crippen LogP contribution >= 0.6 is 11.6 Å². The normalized spacial score (nSPS) is 16.9. The maximum atomic E-state index is 12.7. The van der Waals surface area contributed by atoms with Crippen LogP contribution in [0.25, 0.3) is 0 Å². The smallest absolute Gasteiger partial charge is 0.242 e. The molecule has 1 aliphatic rings. The Balaban J connectivity index is 1.68. The summed E-state index contributed by atoms with van der Waals surface area (Å²) in [6, 6.07) is 9.38. The van der Waals surface area contributed by atoms with Crippen LogP contribution in [0.4, 0.5) is 5.69 Å². The largest absolute Gasteiger partial charge is 0.495 e. The number of amides is 1. The molecule has 1 aromatic carbocycles. The van der Waals surface area contributed by atoms with Crippen molar-refractivity contribution in [3.63, 3.8) is 0 Å². The van der Waals surface area contributed by atoms with Gasteiger partial charge in [-0.1, -0.05) is 11.6 Å². The number of hydrogen-bond donors (Lipinski definition) is 1. The van der Waals surface area contributed by atoms with E-state index in [1.165, 1.54) is 0 Å². The molecule has 3 rings (SSSR count). The maximum absolute atomic E-state index is 12.7. The first-order valence-corrected chi connectivity index (χ1v) is 8.33. The lowest BCUT2D eigenvalue weighted by Crippen LogP contribution is -2.35. The molecule has 6 heteroatoms. The van der Waals surface area contributed by atoms with Crippen molar-refractivity contribution >= 4 is 23.2 Å². The predicted octanol–water partition coefficient (Wildman–Crippen LogP) is 3.52. The molecule has 0 aliphatic carbocycles. The van der Waals surface area contributed by atoms with Crippen LogP contribution in [0.15, 0.2) is 42.7 Å². The number of carbonyl (C=O) groups is 1. The zero-order valence-corrected chi connectivity index (χ0v) is 14.3. The average Bonchev–Trinajstić information content (AvgIpc) is 3.10. The molecule has 0 bridgehead atoms. The van der Waals surface area contributed by atoms with Crippen molar-refractivity contribution in [1.82, 2.24) is 9.88 Å². The minimum Gasteiger partial charge on any atom is -0.495 e. The number of hydrogen-bond acceptors (Lipinski definition) is 4. The maximum Gasteiger partial charge on any atom is 0.242 e. The minimum atomic E-state index is 0.0661. The summed E-state index contributed by atoms with van der Waals surface area (Å²) in [5.74, 6) is 0.732. The van der Waals surface area contributed by atoms with Crippen molar-refractivity contribution in [2.45, 2.75) is 18.9 Å². The van der Waals surface area contributed by atoms with E-state index in [2.05, 4.69) is 10.3 Å². The van der Waals surface area contributed by atoms with Gasteiger partial charge in [0.2, 0.25) is 5.91 Å². The summed E-state index contributed by atoms with van der Waals surface area (Å²) >= 11 is 6.02. The van der Waals surface area contributed by atoms with Gasteiger partial charge in [0.05, 0.1) is 25.4 Å². The van der Waals surface area contributed by atoms with Crippen LogP contribution in [0.5, 0.6) is 5.75 Å². The number of rotatable bonds is 5. The van der Waals surface area contributed by atoms with Crippen molar-refractivity contribution in [3.8, 4) is 5.75 Å². The lowest BCUT2D eigenvalue weighted by Gasteiger charge is -2.25.